The normalized spacial score (nSPS) is 18.7. The minimum absolute atomic E-state index is 0.159. The number of hydrogen-bond acceptors (Lipinski definition) is 5. The summed E-state index contributed by atoms with van der Waals surface area (Å²) in [5.74, 6) is 0.339. The third-order valence-corrected chi connectivity index (χ3v) is 3.50. The summed E-state index contributed by atoms with van der Waals surface area (Å²) in [4.78, 5) is 32.5. The summed E-state index contributed by atoms with van der Waals surface area (Å²) in [6, 6.07) is 6.93. The molecule has 1 saturated heterocycles. The van der Waals surface area contributed by atoms with Crippen LogP contribution in [0.1, 0.15) is 12.2 Å². The number of benzene rings is 1. The van der Waals surface area contributed by atoms with Gasteiger partial charge in [-0.1, -0.05) is 12.1 Å². The lowest BCUT2D eigenvalue weighted by Crippen LogP contribution is -2.35. The number of H-pyrrole nitrogens is 1. The first-order chi connectivity index (χ1) is 9.65. The number of hydrogen-bond donors (Lipinski definition) is 1. The predicted molar refractivity (Wildman–Crippen MR) is 73.2 cm³/mol. The molecule has 1 fully saturated rings. The van der Waals surface area contributed by atoms with Crippen LogP contribution in [0.3, 0.4) is 0 Å². The zero-order valence-corrected chi connectivity index (χ0v) is 11.1. The average Bonchev–Trinajstić information content (AvgIpc) is 2.85. The molecule has 1 aromatic heterocycles. The number of likely N-dealkylation sites (N-methyl/N-ethyl adjacent to an activating group) is 1. The van der Waals surface area contributed by atoms with Crippen molar-refractivity contribution in [2.45, 2.75) is 19.0 Å². The van der Waals surface area contributed by atoms with Gasteiger partial charge in [0.15, 0.2) is 0 Å². The molecule has 2 aromatic rings. The average molecular weight is 273 g/mol. The van der Waals surface area contributed by atoms with Crippen LogP contribution < -0.4 is 5.56 Å². The number of rotatable bonds is 3. The topological polar surface area (TPSA) is 75.3 Å². The Bertz CT molecular complexity index is 710. The second-order valence-corrected chi connectivity index (χ2v) is 4.92. The van der Waals surface area contributed by atoms with Gasteiger partial charge in [0, 0.05) is 6.42 Å². The molecule has 0 saturated carbocycles. The summed E-state index contributed by atoms with van der Waals surface area (Å²) in [5, 5.41) is 0.569. The second-order valence-electron chi connectivity index (χ2n) is 4.92. The van der Waals surface area contributed by atoms with E-state index in [0.29, 0.717) is 36.3 Å². The lowest BCUT2D eigenvalue weighted by molar-refractivity contribution is -0.142. The number of aromatic nitrogens is 2. The molecular formula is C14H15N3O3. The molecule has 1 atom stereocenters. The first kappa shape index (κ1) is 12.8. The lowest BCUT2D eigenvalue weighted by Gasteiger charge is -2.20. The van der Waals surface area contributed by atoms with Crippen molar-refractivity contribution in [3.8, 4) is 0 Å². The van der Waals surface area contributed by atoms with Gasteiger partial charge in [0.05, 0.1) is 24.1 Å². The van der Waals surface area contributed by atoms with Gasteiger partial charge in [-0.25, -0.2) is 4.98 Å². The minimum atomic E-state index is -0.258. The molecule has 20 heavy (non-hydrogen) atoms. The molecule has 3 rings (SSSR count). The Morgan fingerprint density at radius 3 is 2.95 bits per heavy atom. The van der Waals surface area contributed by atoms with Crippen LogP contribution in [-0.2, 0) is 16.1 Å². The van der Waals surface area contributed by atoms with Gasteiger partial charge in [-0.15, -0.1) is 0 Å². The standard InChI is InChI=1S/C14H15N3O3/c1-17(11-6-7-20-14(11)19)8-12-15-10-5-3-2-4-9(10)13(18)16-12/h2-5,11H,6-8H2,1H3,(H,15,16,18)/t11-/m0/s1. The molecule has 1 aromatic carbocycles. The van der Waals surface area contributed by atoms with E-state index < -0.39 is 0 Å². The maximum atomic E-state index is 12.0. The number of nitrogens with zero attached hydrogens (tertiary/aromatic N) is 2. The van der Waals surface area contributed by atoms with E-state index in [-0.39, 0.29) is 17.6 Å². The van der Waals surface area contributed by atoms with Crippen LogP contribution in [0.25, 0.3) is 10.9 Å². The molecular weight excluding hydrogens is 258 g/mol. The molecule has 6 heteroatoms. The second kappa shape index (κ2) is 5.05. The van der Waals surface area contributed by atoms with E-state index in [1.807, 2.05) is 18.0 Å². The molecule has 1 aliphatic heterocycles. The molecule has 104 valence electrons. The largest absolute Gasteiger partial charge is 0.464 e. The fraction of sp³-hybridized carbons (Fsp3) is 0.357. The minimum Gasteiger partial charge on any atom is -0.464 e. The zero-order valence-electron chi connectivity index (χ0n) is 11.1. The summed E-state index contributed by atoms with van der Waals surface area (Å²) < 4.78 is 4.95. The number of fused-ring (bicyclic) bond motifs is 1. The van der Waals surface area contributed by atoms with E-state index >= 15 is 0 Å². The number of para-hydroxylation sites is 1. The monoisotopic (exact) mass is 273 g/mol. The quantitative estimate of drug-likeness (QED) is 0.832. The van der Waals surface area contributed by atoms with Crippen LogP contribution in [0.4, 0.5) is 0 Å². The van der Waals surface area contributed by atoms with Crippen molar-refractivity contribution in [2.24, 2.45) is 0 Å². The Labute approximate surface area is 115 Å². The molecule has 1 N–H and O–H groups in total. The first-order valence-corrected chi connectivity index (χ1v) is 6.50. The van der Waals surface area contributed by atoms with Gasteiger partial charge in [0.25, 0.3) is 5.56 Å². The Morgan fingerprint density at radius 2 is 2.20 bits per heavy atom. The first-order valence-electron chi connectivity index (χ1n) is 6.50. The SMILES string of the molecule is CN(Cc1nc2ccccc2c(=O)[nH]1)[C@H]1CCOC1=O. The van der Waals surface area contributed by atoms with E-state index in [1.165, 1.54) is 0 Å². The van der Waals surface area contributed by atoms with Gasteiger partial charge in [0.1, 0.15) is 11.9 Å². The van der Waals surface area contributed by atoms with Crippen LogP contribution >= 0.6 is 0 Å². The highest BCUT2D eigenvalue weighted by molar-refractivity contribution is 5.78. The Balaban J connectivity index is 1.87. The maximum absolute atomic E-state index is 12.0. The van der Waals surface area contributed by atoms with Crippen LogP contribution in [0.2, 0.25) is 0 Å². The van der Waals surface area contributed by atoms with E-state index in [4.69, 9.17) is 4.74 Å². The van der Waals surface area contributed by atoms with Crippen LogP contribution in [0.5, 0.6) is 0 Å². The Hall–Kier alpha value is -2.21. The Kier molecular flexibility index (Phi) is 3.23. The zero-order chi connectivity index (χ0) is 14.1. The van der Waals surface area contributed by atoms with Gasteiger partial charge < -0.3 is 9.72 Å². The fourth-order valence-corrected chi connectivity index (χ4v) is 2.44. The van der Waals surface area contributed by atoms with Gasteiger partial charge >= 0.3 is 5.97 Å². The highest BCUT2D eigenvalue weighted by Crippen LogP contribution is 2.14. The van der Waals surface area contributed by atoms with E-state index in [0.717, 1.165) is 0 Å². The fourth-order valence-electron chi connectivity index (χ4n) is 2.44. The number of esters is 1. The number of cyclic esters (lactones) is 1. The van der Waals surface area contributed by atoms with Gasteiger partial charge in [-0.05, 0) is 19.2 Å². The van der Waals surface area contributed by atoms with Gasteiger partial charge in [-0.3, -0.25) is 14.5 Å². The van der Waals surface area contributed by atoms with Crippen molar-refractivity contribution < 1.29 is 9.53 Å². The summed E-state index contributed by atoms with van der Waals surface area (Å²) in [5.41, 5.74) is 0.502. The molecule has 1 aliphatic rings. The third kappa shape index (κ3) is 2.30. The number of ether oxygens (including phenoxy) is 1. The smallest absolute Gasteiger partial charge is 0.323 e. The van der Waals surface area contributed by atoms with Crippen molar-refractivity contribution in [2.75, 3.05) is 13.7 Å². The highest BCUT2D eigenvalue weighted by atomic mass is 16.5. The molecule has 6 nitrogen and oxygen atoms in total. The van der Waals surface area contributed by atoms with Gasteiger partial charge in [0.2, 0.25) is 0 Å². The molecule has 0 unspecified atom stereocenters. The predicted octanol–water partition coefficient (Wildman–Crippen LogP) is 0.670. The van der Waals surface area contributed by atoms with Crippen molar-refractivity contribution in [1.82, 2.24) is 14.9 Å². The summed E-state index contributed by atoms with van der Waals surface area (Å²) >= 11 is 0. The lowest BCUT2D eigenvalue weighted by atomic mass is 10.2. The van der Waals surface area contributed by atoms with E-state index in [1.54, 1.807) is 18.2 Å². The number of carbonyl (C=O) groups excluding carboxylic acids is 1. The Morgan fingerprint density at radius 1 is 1.40 bits per heavy atom. The highest BCUT2D eigenvalue weighted by Gasteiger charge is 2.30. The van der Waals surface area contributed by atoms with Crippen LogP contribution in [-0.4, -0.2) is 40.5 Å². The number of carbonyl (C=O) groups is 1. The molecule has 0 amide bonds. The molecule has 2 heterocycles. The number of aromatic amines is 1. The summed E-state index contributed by atoms with van der Waals surface area (Å²) in [6.07, 6.45) is 0.674. The van der Waals surface area contributed by atoms with Crippen molar-refractivity contribution in [1.29, 1.82) is 0 Å². The van der Waals surface area contributed by atoms with Crippen LogP contribution in [0.15, 0.2) is 29.1 Å². The van der Waals surface area contributed by atoms with Crippen molar-refractivity contribution in [3.05, 3.63) is 40.4 Å². The van der Waals surface area contributed by atoms with E-state index in [9.17, 15) is 9.59 Å². The van der Waals surface area contributed by atoms with Crippen molar-refractivity contribution >= 4 is 16.9 Å². The summed E-state index contributed by atoms with van der Waals surface area (Å²) in [7, 11) is 1.83. The number of nitrogens with one attached hydrogen (secondary N) is 1. The third-order valence-electron chi connectivity index (χ3n) is 3.50. The molecule has 0 bridgehead atoms. The molecule has 0 aliphatic carbocycles. The molecule has 0 radical (unpaired) electrons. The van der Waals surface area contributed by atoms with Crippen molar-refractivity contribution in [3.63, 3.8) is 0 Å². The summed E-state index contributed by atoms with van der Waals surface area (Å²) in [6.45, 7) is 0.856. The maximum Gasteiger partial charge on any atom is 0.323 e. The van der Waals surface area contributed by atoms with Crippen LogP contribution in [0, 0.1) is 0 Å². The van der Waals surface area contributed by atoms with Gasteiger partial charge in [-0.2, -0.15) is 0 Å². The molecule has 0 spiro atoms. The van der Waals surface area contributed by atoms with E-state index in [2.05, 4.69) is 9.97 Å².